The fourth-order valence-corrected chi connectivity index (χ4v) is 1.38. The summed E-state index contributed by atoms with van der Waals surface area (Å²) in [7, 11) is 0. The molecule has 1 aromatic heterocycles. The van der Waals surface area contributed by atoms with Gasteiger partial charge in [0.2, 0.25) is 0 Å². The second-order valence-corrected chi connectivity index (χ2v) is 3.61. The first-order valence-corrected chi connectivity index (χ1v) is 5.04. The van der Waals surface area contributed by atoms with E-state index in [1.54, 1.807) is 0 Å². The first kappa shape index (κ1) is 12.2. The molecule has 1 aromatic carbocycles. The van der Waals surface area contributed by atoms with Gasteiger partial charge in [0.15, 0.2) is 0 Å². The summed E-state index contributed by atoms with van der Waals surface area (Å²) in [6.07, 6.45) is -3.17. The maximum atomic E-state index is 12.5. The van der Waals surface area contributed by atoms with Gasteiger partial charge in [0.25, 0.3) is 0 Å². The molecule has 94 valence electrons. The van der Waals surface area contributed by atoms with Crippen LogP contribution >= 0.6 is 0 Å². The Morgan fingerprint density at radius 2 is 1.89 bits per heavy atom. The van der Waals surface area contributed by atoms with Crippen LogP contribution in [0.4, 0.5) is 24.7 Å². The van der Waals surface area contributed by atoms with E-state index < -0.39 is 11.7 Å². The minimum Gasteiger partial charge on any atom is -0.506 e. The predicted octanol–water partition coefficient (Wildman–Crippen LogP) is 3.55. The van der Waals surface area contributed by atoms with E-state index in [2.05, 4.69) is 10.3 Å². The normalized spacial score (nSPS) is 11.3. The SMILES string of the molecule is Oc1ccc(Nc2cccc(C(F)(F)F)c2)nc1. The van der Waals surface area contributed by atoms with Crippen LogP contribution in [0.5, 0.6) is 5.75 Å². The Kier molecular flexibility index (Phi) is 3.10. The lowest BCUT2D eigenvalue weighted by molar-refractivity contribution is -0.137. The second-order valence-electron chi connectivity index (χ2n) is 3.61. The number of halogens is 3. The molecule has 0 radical (unpaired) electrons. The van der Waals surface area contributed by atoms with Crippen molar-refractivity contribution in [2.45, 2.75) is 6.18 Å². The number of aromatic nitrogens is 1. The van der Waals surface area contributed by atoms with Crippen molar-refractivity contribution in [3.8, 4) is 5.75 Å². The van der Waals surface area contributed by atoms with Crippen molar-refractivity contribution in [3.05, 3.63) is 48.2 Å². The van der Waals surface area contributed by atoms with Gasteiger partial charge in [-0.1, -0.05) is 6.07 Å². The van der Waals surface area contributed by atoms with Crippen LogP contribution in [-0.2, 0) is 6.18 Å². The monoisotopic (exact) mass is 254 g/mol. The third-order valence-electron chi connectivity index (χ3n) is 2.21. The Morgan fingerprint density at radius 1 is 1.11 bits per heavy atom. The largest absolute Gasteiger partial charge is 0.506 e. The van der Waals surface area contributed by atoms with E-state index in [0.29, 0.717) is 5.82 Å². The lowest BCUT2D eigenvalue weighted by Crippen LogP contribution is -2.05. The van der Waals surface area contributed by atoms with Gasteiger partial charge in [0.05, 0.1) is 11.8 Å². The number of benzene rings is 1. The number of aromatic hydroxyl groups is 1. The topological polar surface area (TPSA) is 45.1 Å². The summed E-state index contributed by atoms with van der Waals surface area (Å²) in [5, 5.41) is 11.8. The van der Waals surface area contributed by atoms with Gasteiger partial charge in [-0.15, -0.1) is 0 Å². The van der Waals surface area contributed by atoms with E-state index in [9.17, 15) is 13.2 Å². The Labute approximate surface area is 101 Å². The molecule has 2 rings (SSSR count). The molecule has 0 unspecified atom stereocenters. The average Bonchev–Trinajstić information content (AvgIpc) is 2.31. The van der Waals surface area contributed by atoms with Crippen LogP contribution in [-0.4, -0.2) is 10.1 Å². The summed E-state index contributed by atoms with van der Waals surface area (Å²) >= 11 is 0. The van der Waals surface area contributed by atoms with E-state index in [-0.39, 0.29) is 11.4 Å². The minimum atomic E-state index is -4.37. The molecule has 0 spiro atoms. The maximum Gasteiger partial charge on any atom is 0.416 e. The first-order chi connectivity index (χ1) is 8.45. The minimum absolute atomic E-state index is 0.00964. The highest BCUT2D eigenvalue weighted by atomic mass is 19.4. The molecule has 3 nitrogen and oxygen atoms in total. The number of nitrogens with one attached hydrogen (secondary N) is 1. The molecule has 0 saturated carbocycles. The molecule has 2 aromatic rings. The molecular weight excluding hydrogens is 245 g/mol. The van der Waals surface area contributed by atoms with Crippen molar-refractivity contribution < 1.29 is 18.3 Å². The summed E-state index contributed by atoms with van der Waals surface area (Å²) in [4.78, 5) is 3.82. The van der Waals surface area contributed by atoms with Crippen LogP contribution in [0.25, 0.3) is 0 Å². The maximum absolute atomic E-state index is 12.5. The molecule has 0 aliphatic carbocycles. The first-order valence-electron chi connectivity index (χ1n) is 5.04. The molecule has 0 saturated heterocycles. The Bertz CT molecular complexity index is 538. The lowest BCUT2D eigenvalue weighted by atomic mass is 10.2. The third-order valence-corrected chi connectivity index (χ3v) is 2.21. The zero-order chi connectivity index (χ0) is 13.2. The van der Waals surface area contributed by atoms with Gasteiger partial charge < -0.3 is 10.4 Å². The van der Waals surface area contributed by atoms with Crippen molar-refractivity contribution in [2.24, 2.45) is 0 Å². The molecule has 0 aliphatic heterocycles. The van der Waals surface area contributed by atoms with Crippen molar-refractivity contribution in [3.63, 3.8) is 0 Å². The van der Waals surface area contributed by atoms with Crippen molar-refractivity contribution in [1.29, 1.82) is 0 Å². The van der Waals surface area contributed by atoms with Crippen molar-refractivity contribution in [2.75, 3.05) is 5.32 Å². The smallest absolute Gasteiger partial charge is 0.416 e. The lowest BCUT2D eigenvalue weighted by Gasteiger charge is -2.10. The molecule has 1 heterocycles. The molecule has 0 bridgehead atoms. The zero-order valence-electron chi connectivity index (χ0n) is 9.07. The van der Waals surface area contributed by atoms with Crippen LogP contribution in [0.15, 0.2) is 42.6 Å². The van der Waals surface area contributed by atoms with Crippen LogP contribution in [0.3, 0.4) is 0 Å². The standard InChI is InChI=1S/C12H9F3N2O/c13-12(14,15)8-2-1-3-9(6-8)17-11-5-4-10(18)7-16-11/h1-7,18H,(H,16,17). The molecular formula is C12H9F3N2O. The summed E-state index contributed by atoms with van der Waals surface area (Å²) < 4.78 is 37.4. The van der Waals surface area contributed by atoms with Crippen molar-refractivity contribution >= 4 is 11.5 Å². The molecule has 6 heteroatoms. The molecule has 0 amide bonds. The summed E-state index contributed by atoms with van der Waals surface area (Å²) in [5.41, 5.74) is -0.450. The number of hydrogen-bond donors (Lipinski definition) is 2. The number of hydrogen-bond acceptors (Lipinski definition) is 3. The highest BCUT2D eigenvalue weighted by molar-refractivity contribution is 5.57. The molecule has 0 aliphatic rings. The van der Waals surface area contributed by atoms with E-state index in [4.69, 9.17) is 5.11 Å². The van der Waals surface area contributed by atoms with Gasteiger partial charge in [-0.2, -0.15) is 13.2 Å². The van der Waals surface area contributed by atoms with E-state index >= 15 is 0 Å². The fourth-order valence-electron chi connectivity index (χ4n) is 1.38. The molecule has 0 atom stereocenters. The second kappa shape index (κ2) is 4.56. The molecule has 2 N–H and O–H groups in total. The van der Waals surface area contributed by atoms with Gasteiger partial charge in [-0.25, -0.2) is 4.98 Å². The molecule has 0 fully saturated rings. The third kappa shape index (κ3) is 2.91. The number of nitrogens with zero attached hydrogens (tertiary/aromatic N) is 1. The van der Waals surface area contributed by atoms with Crippen LogP contribution < -0.4 is 5.32 Å². The fraction of sp³-hybridized carbons (Fsp3) is 0.0833. The van der Waals surface area contributed by atoms with Gasteiger partial charge >= 0.3 is 6.18 Å². The van der Waals surface area contributed by atoms with Crippen LogP contribution in [0.2, 0.25) is 0 Å². The quantitative estimate of drug-likeness (QED) is 0.861. The summed E-state index contributed by atoms with van der Waals surface area (Å²) in [5.74, 6) is 0.344. The summed E-state index contributed by atoms with van der Waals surface area (Å²) in [6, 6.07) is 7.66. The Morgan fingerprint density at radius 3 is 2.50 bits per heavy atom. The highest BCUT2D eigenvalue weighted by Crippen LogP contribution is 2.31. The predicted molar refractivity (Wildman–Crippen MR) is 60.6 cm³/mol. The van der Waals surface area contributed by atoms with E-state index in [0.717, 1.165) is 12.1 Å². The number of rotatable bonds is 2. The van der Waals surface area contributed by atoms with E-state index in [1.165, 1.54) is 30.5 Å². The van der Waals surface area contributed by atoms with Gasteiger partial charge in [-0.05, 0) is 30.3 Å². The van der Waals surface area contributed by atoms with Crippen LogP contribution in [0, 0.1) is 0 Å². The number of pyridine rings is 1. The van der Waals surface area contributed by atoms with Crippen molar-refractivity contribution in [1.82, 2.24) is 4.98 Å². The zero-order valence-corrected chi connectivity index (χ0v) is 9.07. The van der Waals surface area contributed by atoms with Gasteiger partial charge in [-0.3, -0.25) is 0 Å². The number of alkyl halides is 3. The van der Waals surface area contributed by atoms with Gasteiger partial charge in [0.1, 0.15) is 11.6 Å². The van der Waals surface area contributed by atoms with Gasteiger partial charge in [0, 0.05) is 5.69 Å². The summed E-state index contributed by atoms with van der Waals surface area (Å²) in [6.45, 7) is 0. The molecule has 18 heavy (non-hydrogen) atoms. The number of anilines is 2. The van der Waals surface area contributed by atoms with Crippen LogP contribution in [0.1, 0.15) is 5.56 Å². The Hall–Kier alpha value is -2.24. The average molecular weight is 254 g/mol. The van der Waals surface area contributed by atoms with E-state index in [1.807, 2.05) is 0 Å². The highest BCUT2D eigenvalue weighted by Gasteiger charge is 2.30. The Balaban J connectivity index is 2.22.